The lowest BCUT2D eigenvalue weighted by Crippen LogP contribution is -2.33. The molecule has 0 spiro atoms. The Labute approximate surface area is 155 Å². The summed E-state index contributed by atoms with van der Waals surface area (Å²) in [7, 11) is 0. The molecule has 0 aromatic carbocycles. The van der Waals surface area contributed by atoms with Gasteiger partial charge in [-0.2, -0.15) is 0 Å². The van der Waals surface area contributed by atoms with Gasteiger partial charge in [0, 0.05) is 25.7 Å². The first-order chi connectivity index (χ1) is 12.1. The molecule has 1 atom stereocenters. The van der Waals surface area contributed by atoms with Crippen molar-refractivity contribution in [2.24, 2.45) is 5.92 Å². The number of piperidine rings is 1. The van der Waals surface area contributed by atoms with Crippen LogP contribution in [0, 0.1) is 5.92 Å². The zero-order valence-corrected chi connectivity index (χ0v) is 16.5. The standard InChI is InChI=1S/C18H31N5OS/c1-13(2)9-10-19-16(24)14(3)25-18-21-20-17(23(18)15-7-8-15)22-11-5-4-6-12-22/h13-15H,4-12H2,1-3H3,(H,19,24). The van der Waals surface area contributed by atoms with Crippen molar-refractivity contribution >= 4 is 23.6 Å². The number of amides is 1. The zero-order valence-electron chi connectivity index (χ0n) is 15.7. The lowest BCUT2D eigenvalue weighted by atomic mass is 10.1. The normalized spacial score (nSPS) is 19.3. The third-order valence-corrected chi connectivity index (χ3v) is 5.93. The zero-order chi connectivity index (χ0) is 17.8. The summed E-state index contributed by atoms with van der Waals surface area (Å²) in [5.74, 6) is 1.71. The van der Waals surface area contributed by atoms with E-state index in [9.17, 15) is 4.79 Å². The van der Waals surface area contributed by atoms with Gasteiger partial charge in [-0.15, -0.1) is 10.2 Å². The van der Waals surface area contributed by atoms with Crippen LogP contribution in [-0.2, 0) is 4.79 Å². The van der Waals surface area contributed by atoms with Crippen molar-refractivity contribution < 1.29 is 4.79 Å². The van der Waals surface area contributed by atoms with Gasteiger partial charge >= 0.3 is 0 Å². The highest BCUT2D eigenvalue weighted by molar-refractivity contribution is 8.00. The molecule has 25 heavy (non-hydrogen) atoms. The third kappa shape index (κ3) is 4.90. The number of carbonyl (C=O) groups excluding carboxylic acids is 1. The van der Waals surface area contributed by atoms with Crippen LogP contribution < -0.4 is 10.2 Å². The van der Waals surface area contributed by atoms with E-state index in [1.807, 2.05) is 6.92 Å². The molecule has 3 rings (SSSR count). The number of nitrogens with one attached hydrogen (secondary N) is 1. The van der Waals surface area contributed by atoms with Crippen molar-refractivity contribution in [1.82, 2.24) is 20.1 Å². The van der Waals surface area contributed by atoms with E-state index in [1.165, 1.54) is 32.1 Å². The second-order valence-electron chi connectivity index (χ2n) is 7.67. The van der Waals surface area contributed by atoms with Gasteiger partial charge in [-0.3, -0.25) is 9.36 Å². The lowest BCUT2D eigenvalue weighted by molar-refractivity contribution is -0.120. The number of carbonyl (C=O) groups is 1. The van der Waals surface area contributed by atoms with Crippen LogP contribution >= 0.6 is 11.8 Å². The minimum Gasteiger partial charge on any atom is -0.355 e. The number of thioether (sulfide) groups is 1. The summed E-state index contributed by atoms with van der Waals surface area (Å²) in [4.78, 5) is 14.7. The predicted octanol–water partition coefficient (Wildman–Crippen LogP) is 3.25. The maximum atomic E-state index is 12.3. The van der Waals surface area contributed by atoms with Crippen molar-refractivity contribution in [3.63, 3.8) is 0 Å². The molecule has 7 heteroatoms. The SMILES string of the molecule is CC(C)CCNC(=O)C(C)Sc1nnc(N2CCCCC2)n1C1CC1. The molecule has 1 N–H and O–H groups in total. The highest BCUT2D eigenvalue weighted by Crippen LogP contribution is 2.41. The van der Waals surface area contributed by atoms with E-state index in [0.29, 0.717) is 12.0 Å². The molecule has 140 valence electrons. The molecular formula is C18H31N5OS. The monoisotopic (exact) mass is 365 g/mol. The highest BCUT2D eigenvalue weighted by Gasteiger charge is 2.33. The Balaban J connectivity index is 1.63. The molecule has 1 aromatic rings. The van der Waals surface area contributed by atoms with Crippen molar-refractivity contribution in [2.75, 3.05) is 24.5 Å². The van der Waals surface area contributed by atoms with Crippen LogP contribution in [0.3, 0.4) is 0 Å². The minimum absolute atomic E-state index is 0.0931. The van der Waals surface area contributed by atoms with Gasteiger partial charge in [-0.25, -0.2) is 0 Å². The second-order valence-corrected chi connectivity index (χ2v) is 8.97. The van der Waals surface area contributed by atoms with Gasteiger partial charge in [-0.05, 0) is 51.4 Å². The lowest BCUT2D eigenvalue weighted by Gasteiger charge is -2.28. The van der Waals surface area contributed by atoms with Gasteiger partial charge in [0.2, 0.25) is 11.9 Å². The van der Waals surface area contributed by atoms with E-state index in [1.54, 1.807) is 11.8 Å². The van der Waals surface area contributed by atoms with Crippen LogP contribution in [-0.4, -0.2) is 45.6 Å². The molecule has 2 heterocycles. The van der Waals surface area contributed by atoms with E-state index in [-0.39, 0.29) is 11.2 Å². The number of nitrogens with zero attached hydrogens (tertiary/aromatic N) is 4. The van der Waals surface area contributed by atoms with E-state index in [0.717, 1.165) is 37.2 Å². The van der Waals surface area contributed by atoms with Gasteiger partial charge in [-0.1, -0.05) is 25.6 Å². The summed E-state index contributed by atoms with van der Waals surface area (Å²) >= 11 is 1.54. The molecule has 1 saturated heterocycles. The summed E-state index contributed by atoms with van der Waals surface area (Å²) in [6, 6.07) is 0.519. The molecule has 1 aliphatic carbocycles. The molecular weight excluding hydrogens is 334 g/mol. The smallest absolute Gasteiger partial charge is 0.233 e. The largest absolute Gasteiger partial charge is 0.355 e. The molecule has 0 bridgehead atoms. The van der Waals surface area contributed by atoms with Crippen LogP contribution in [0.4, 0.5) is 5.95 Å². The maximum absolute atomic E-state index is 12.3. The Morgan fingerprint density at radius 3 is 2.56 bits per heavy atom. The Hall–Kier alpha value is -1.24. The number of rotatable bonds is 8. The Morgan fingerprint density at radius 2 is 1.92 bits per heavy atom. The van der Waals surface area contributed by atoms with Gasteiger partial charge in [0.25, 0.3) is 0 Å². The van der Waals surface area contributed by atoms with E-state index in [2.05, 4.69) is 38.8 Å². The summed E-state index contributed by atoms with van der Waals surface area (Å²) in [6.07, 6.45) is 7.18. The van der Waals surface area contributed by atoms with Crippen molar-refractivity contribution in [3.05, 3.63) is 0 Å². The molecule has 1 amide bonds. The summed E-state index contributed by atoms with van der Waals surface area (Å²) in [5.41, 5.74) is 0. The molecule has 1 saturated carbocycles. The Kier molecular flexibility index (Phi) is 6.25. The predicted molar refractivity (Wildman–Crippen MR) is 102 cm³/mol. The summed E-state index contributed by atoms with van der Waals surface area (Å²) in [5, 5.41) is 12.7. The van der Waals surface area contributed by atoms with Gasteiger partial charge < -0.3 is 10.2 Å². The number of hydrogen-bond acceptors (Lipinski definition) is 5. The average Bonchev–Trinajstić information content (AvgIpc) is 3.35. The van der Waals surface area contributed by atoms with Crippen molar-refractivity contribution in [3.8, 4) is 0 Å². The van der Waals surface area contributed by atoms with Crippen LogP contribution in [0.5, 0.6) is 0 Å². The summed E-state index contributed by atoms with van der Waals surface area (Å²) < 4.78 is 2.29. The molecule has 1 unspecified atom stereocenters. The number of anilines is 1. The molecule has 1 aromatic heterocycles. The fourth-order valence-corrected chi connectivity index (χ4v) is 4.09. The van der Waals surface area contributed by atoms with Gasteiger partial charge in [0.15, 0.2) is 5.16 Å². The first-order valence-corrected chi connectivity index (χ1v) is 10.6. The Bertz CT molecular complexity index is 578. The van der Waals surface area contributed by atoms with Crippen LogP contribution in [0.15, 0.2) is 5.16 Å². The van der Waals surface area contributed by atoms with Gasteiger partial charge in [0.1, 0.15) is 0 Å². The van der Waals surface area contributed by atoms with E-state index < -0.39 is 0 Å². The topological polar surface area (TPSA) is 63.1 Å². The number of hydrogen-bond donors (Lipinski definition) is 1. The highest BCUT2D eigenvalue weighted by atomic mass is 32.2. The van der Waals surface area contributed by atoms with E-state index in [4.69, 9.17) is 0 Å². The first-order valence-electron chi connectivity index (χ1n) is 9.70. The maximum Gasteiger partial charge on any atom is 0.233 e. The second kappa shape index (κ2) is 8.43. The molecule has 0 radical (unpaired) electrons. The third-order valence-electron chi connectivity index (χ3n) is 4.87. The number of aromatic nitrogens is 3. The molecule has 2 fully saturated rings. The molecule has 1 aliphatic heterocycles. The van der Waals surface area contributed by atoms with Gasteiger partial charge in [0.05, 0.1) is 5.25 Å². The molecule has 6 nitrogen and oxygen atoms in total. The summed E-state index contributed by atoms with van der Waals surface area (Å²) in [6.45, 7) is 9.19. The minimum atomic E-state index is -0.150. The van der Waals surface area contributed by atoms with Crippen LogP contribution in [0.25, 0.3) is 0 Å². The molecule has 2 aliphatic rings. The first kappa shape index (κ1) is 18.5. The Morgan fingerprint density at radius 1 is 1.20 bits per heavy atom. The van der Waals surface area contributed by atoms with Crippen LogP contribution in [0.1, 0.15) is 65.3 Å². The van der Waals surface area contributed by atoms with Crippen LogP contribution in [0.2, 0.25) is 0 Å². The fraction of sp³-hybridized carbons (Fsp3) is 0.833. The van der Waals surface area contributed by atoms with Crippen molar-refractivity contribution in [2.45, 2.75) is 75.7 Å². The quantitative estimate of drug-likeness (QED) is 0.717. The van der Waals surface area contributed by atoms with Crippen molar-refractivity contribution in [1.29, 1.82) is 0 Å². The van der Waals surface area contributed by atoms with E-state index >= 15 is 0 Å². The fourth-order valence-electron chi connectivity index (χ4n) is 3.15. The average molecular weight is 366 g/mol.